The zero-order chi connectivity index (χ0) is 13.0. The highest BCUT2D eigenvalue weighted by atomic mass is 35.5. The summed E-state index contributed by atoms with van der Waals surface area (Å²) in [5, 5.41) is 6.85. The van der Waals surface area contributed by atoms with Crippen LogP contribution >= 0.6 is 23.2 Å². The number of benzene rings is 1. The van der Waals surface area contributed by atoms with Crippen LogP contribution in [0.25, 0.3) is 0 Å². The third kappa shape index (κ3) is 3.59. The van der Waals surface area contributed by atoms with Gasteiger partial charge in [0.15, 0.2) is 0 Å². The van der Waals surface area contributed by atoms with E-state index in [1.54, 1.807) is 18.2 Å². The summed E-state index contributed by atoms with van der Waals surface area (Å²) >= 11 is 11.9. The lowest BCUT2D eigenvalue weighted by atomic mass is 10.3. The lowest BCUT2D eigenvalue weighted by molar-refractivity contribution is -0.117. The number of anilines is 1. The molecule has 0 spiro atoms. The molecule has 1 fully saturated rings. The van der Waals surface area contributed by atoms with Crippen LogP contribution in [-0.2, 0) is 4.79 Å². The van der Waals surface area contributed by atoms with Gasteiger partial charge in [-0.05, 0) is 12.1 Å². The Morgan fingerprint density at radius 2 is 2.06 bits per heavy atom. The molecule has 0 bridgehead atoms. The average molecular weight is 288 g/mol. The molecular formula is C12H15Cl2N3O. The number of carbonyl (C=O) groups excluding carboxylic acids is 1. The molecule has 1 aromatic carbocycles. The largest absolute Gasteiger partial charge is 0.324 e. The van der Waals surface area contributed by atoms with E-state index in [-0.39, 0.29) is 5.91 Å². The summed E-state index contributed by atoms with van der Waals surface area (Å²) < 4.78 is 0. The number of rotatable bonds is 3. The lowest BCUT2D eigenvalue weighted by Crippen LogP contribution is -2.46. The van der Waals surface area contributed by atoms with E-state index in [9.17, 15) is 4.79 Å². The Hall–Kier alpha value is -0.810. The predicted octanol–water partition coefficient (Wildman–Crippen LogP) is 1.84. The summed E-state index contributed by atoms with van der Waals surface area (Å²) in [6.07, 6.45) is 0. The zero-order valence-electron chi connectivity index (χ0n) is 9.88. The minimum atomic E-state index is -0.0685. The van der Waals surface area contributed by atoms with E-state index < -0.39 is 0 Å². The molecule has 18 heavy (non-hydrogen) atoms. The maximum atomic E-state index is 11.9. The molecule has 1 aliphatic heterocycles. The number of nitrogens with one attached hydrogen (secondary N) is 2. The highest BCUT2D eigenvalue weighted by molar-refractivity contribution is 6.43. The number of hydrogen-bond donors (Lipinski definition) is 2. The van der Waals surface area contributed by atoms with Crippen molar-refractivity contribution in [2.75, 3.05) is 38.0 Å². The molecule has 0 unspecified atom stereocenters. The van der Waals surface area contributed by atoms with Gasteiger partial charge in [0.2, 0.25) is 5.91 Å². The summed E-state index contributed by atoms with van der Waals surface area (Å²) in [5.41, 5.74) is 0.560. The van der Waals surface area contributed by atoms with Gasteiger partial charge >= 0.3 is 0 Å². The maximum absolute atomic E-state index is 11.9. The first kappa shape index (κ1) is 13.6. The molecule has 0 atom stereocenters. The van der Waals surface area contributed by atoms with Crippen LogP contribution in [0.3, 0.4) is 0 Å². The third-order valence-corrected chi connectivity index (χ3v) is 3.62. The van der Waals surface area contributed by atoms with E-state index in [2.05, 4.69) is 15.5 Å². The second-order valence-corrected chi connectivity index (χ2v) is 4.96. The van der Waals surface area contributed by atoms with Gasteiger partial charge in [0.25, 0.3) is 0 Å². The minimum Gasteiger partial charge on any atom is -0.324 e. The van der Waals surface area contributed by atoms with Crippen LogP contribution in [0.2, 0.25) is 10.0 Å². The third-order valence-electron chi connectivity index (χ3n) is 2.80. The summed E-state index contributed by atoms with van der Waals surface area (Å²) in [4.78, 5) is 14.0. The second kappa shape index (κ2) is 6.38. The van der Waals surface area contributed by atoms with Crippen molar-refractivity contribution in [1.82, 2.24) is 10.2 Å². The van der Waals surface area contributed by atoms with E-state index in [1.165, 1.54) is 0 Å². The molecule has 1 heterocycles. The molecule has 0 radical (unpaired) electrons. The fraction of sp³-hybridized carbons (Fsp3) is 0.417. The normalized spacial score (nSPS) is 16.6. The number of nitrogens with zero attached hydrogens (tertiary/aromatic N) is 1. The fourth-order valence-electron chi connectivity index (χ4n) is 1.86. The van der Waals surface area contributed by atoms with E-state index in [1.807, 2.05) is 0 Å². The van der Waals surface area contributed by atoms with Crippen molar-refractivity contribution < 1.29 is 4.79 Å². The van der Waals surface area contributed by atoms with E-state index >= 15 is 0 Å². The van der Waals surface area contributed by atoms with Crippen molar-refractivity contribution >= 4 is 34.8 Å². The summed E-state index contributed by atoms with van der Waals surface area (Å²) in [6, 6.07) is 5.19. The summed E-state index contributed by atoms with van der Waals surface area (Å²) in [5.74, 6) is -0.0685. The van der Waals surface area contributed by atoms with Crippen LogP contribution in [0.4, 0.5) is 5.69 Å². The highest BCUT2D eigenvalue weighted by Gasteiger charge is 2.14. The van der Waals surface area contributed by atoms with Crippen molar-refractivity contribution in [3.8, 4) is 0 Å². The van der Waals surface area contributed by atoms with Gasteiger partial charge in [-0.25, -0.2) is 0 Å². The van der Waals surface area contributed by atoms with Crippen LogP contribution in [0.1, 0.15) is 0 Å². The van der Waals surface area contributed by atoms with Crippen molar-refractivity contribution in [1.29, 1.82) is 0 Å². The Kier molecular flexibility index (Phi) is 4.83. The van der Waals surface area contributed by atoms with Gasteiger partial charge in [-0.2, -0.15) is 0 Å². The standard InChI is InChI=1S/C12H15Cl2N3O/c13-9-2-1-3-10(12(9)14)16-11(18)8-17-6-4-15-5-7-17/h1-3,15H,4-8H2,(H,16,18). The first-order valence-electron chi connectivity index (χ1n) is 5.84. The monoisotopic (exact) mass is 287 g/mol. The predicted molar refractivity (Wildman–Crippen MR) is 74.4 cm³/mol. The van der Waals surface area contributed by atoms with Gasteiger partial charge in [0.1, 0.15) is 0 Å². The van der Waals surface area contributed by atoms with Crippen molar-refractivity contribution in [3.05, 3.63) is 28.2 Å². The molecule has 4 nitrogen and oxygen atoms in total. The molecule has 2 rings (SSSR count). The van der Waals surface area contributed by atoms with Crippen LogP contribution in [-0.4, -0.2) is 43.5 Å². The number of amides is 1. The topological polar surface area (TPSA) is 44.4 Å². The number of carbonyl (C=O) groups is 1. The Morgan fingerprint density at radius 3 is 2.78 bits per heavy atom. The quantitative estimate of drug-likeness (QED) is 0.892. The molecule has 0 aromatic heterocycles. The first-order chi connectivity index (χ1) is 8.66. The number of halogens is 2. The van der Waals surface area contributed by atoms with E-state index in [4.69, 9.17) is 23.2 Å². The van der Waals surface area contributed by atoms with Crippen molar-refractivity contribution in [2.24, 2.45) is 0 Å². The average Bonchev–Trinajstić information content (AvgIpc) is 2.36. The van der Waals surface area contributed by atoms with Crippen LogP contribution in [0.15, 0.2) is 18.2 Å². The maximum Gasteiger partial charge on any atom is 0.238 e. The van der Waals surface area contributed by atoms with Crippen LogP contribution in [0, 0.1) is 0 Å². The molecule has 1 aromatic rings. The molecule has 0 aliphatic carbocycles. The smallest absolute Gasteiger partial charge is 0.238 e. The van der Waals surface area contributed by atoms with Gasteiger partial charge in [-0.1, -0.05) is 29.3 Å². The first-order valence-corrected chi connectivity index (χ1v) is 6.59. The Balaban J connectivity index is 1.92. The van der Waals surface area contributed by atoms with Crippen molar-refractivity contribution in [3.63, 3.8) is 0 Å². The lowest BCUT2D eigenvalue weighted by Gasteiger charge is -2.26. The minimum absolute atomic E-state index is 0.0685. The van der Waals surface area contributed by atoms with Gasteiger partial charge in [-0.15, -0.1) is 0 Å². The number of piperazine rings is 1. The Bertz CT molecular complexity index is 433. The summed E-state index contributed by atoms with van der Waals surface area (Å²) in [6.45, 7) is 3.99. The van der Waals surface area contributed by atoms with E-state index in [0.717, 1.165) is 26.2 Å². The van der Waals surface area contributed by atoms with Crippen LogP contribution < -0.4 is 10.6 Å². The van der Waals surface area contributed by atoms with Crippen LogP contribution in [0.5, 0.6) is 0 Å². The zero-order valence-corrected chi connectivity index (χ0v) is 11.4. The molecule has 1 amide bonds. The molecule has 1 aliphatic rings. The van der Waals surface area contributed by atoms with Gasteiger partial charge in [-0.3, -0.25) is 9.69 Å². The summed E-state index contributed by atoms with van der Waals surface area (Å²) in [7, 11) is 0. The number of hydrogen-bond acceptors (Lipinski definition) is 3. The Morgan fingerprint density at radius 1 is 1.33 bits per heavy atom. The molecule has 6 heteroatoms. The molecule has 2 N–H and O–H groups in total. The molecule has 1 saturated heterocycles. The molecular weight excluding hydrogens is 273 g/mol. The van der Waals surface area contributed by atoms with E-state index in [0.29, 0.717) is 22.3 Å². The Labute approximate surface area is 116 Å². The highest BCUT2D eigenvalue weighted by Crippen LogP contribution is 2.29. The van der Waals surface area contributed by atoms with Gasteiger partial charge in [0, 0.05) is 26.2 Å². The van der Waals surface area contributed by atoms with Gasteiger partial charge < -0.3 is 10.6 Å². The molecule has 98 valence electrons. The van der Waals surface area contributed by atoms with Crippen molar-refractivity contribution in [2.45, 2.75) is 0 Å². The van der Waals surface area contributed by atoms with Gasteiger partial charge in [0.05, 0.1) is 22.3 Å². The molecule has 0 saturated carbocycles. The fourth-order valence-corrected chi connectivity index (χ4v) is 2.21. The SMILES string of the molecule is O=C(CN1CCNCC1)Nc1cccc(Cl)c1Cl. The second-order valence-electron chi connectivity index (χ2n) is 4.18.